The quantitative estimate of drug-likeness (QED) is 0.780. The first-order valence-electron chi connectivity index (χ1n) is 6.57. The molecule has 0 aliphatic carbocycles. The number of hydrogen-bond donors (Lipinski definition) is 1. The third kappa shape index (κ3) is 6.18. The number of hydrogen-bond acceptors (Lipinski definition) is 2. The van der Waals surface area contributed by atoms with E-state index in [0.29, 0.717) is 0 Å². The lowest BCUT2D eigenvalue weighted by molar-refractivity contribution is 0.418. The highest BCUT2D eigenvalue weighted by Crippen LogP contribution is 2.11. The third-order valence-electron chi connectivity index (χ3n) is 3.07. The monoisotopic (exact) mass is 298 g/mol. The predicted molar refractivity (Wildman–Crippen MR) is 76.9 cm³/mol. The zero-order valence-electron chi connectivity index (χ0n) is 10.9. The van der Waals surface area contributed by atoms with Crippen LogP contribution in [0.25, 0.3) is 0 Å². The van der Waals surface area contributed by atoms with Crippen LogP contribution in [0.15, 0.2) is 22.8 Å². The molecule has 1 atom stereocenters. The first kappa shape index (κ1) is 14.7. The molecule has 0 amide bonds. The Balaban J connectivity index is 2.23. The van der Waals surface area contributed by atoms with E-state index in [2.05, 4.69) is 46.1 Å². The molecule has 1 rings (SSSR count). The second kappa shape index (κ2) is 8.65. The molecule has 2 nitrogen and oxygen atoms in total. The van der Waals surface area contributed by atoms with Gasteiger partial charge in [0.15, 0.2) is 0 Å². The molecule has 96 valence electrons. The van der Waals surface area contributed by atoms with Crippen LogP contribution < -0.4 is 5.32 Å². The molecular formula is C14H23BrN2. The maximum atomic E-state index is 4.35. The largest absolute Gasteiger partial charge is 0.311 e. The van der Waals surface area contributed by atoms with Crippen LogP contribution in [0.1, 0.15) is 45.2 Å². The Morgan fingerprint density at radius 3 is 2.76 bits per heavy atom. The summed E-state index contributed by atoms with van der Waals surface area (Å²) in [6.07, 6.45) is 7.10. The minimum absolute atomic E-state index is 0.811. The Bertz CT molecular complexity index is 298. The average Bonchev–Trinajstić information content (AvgIpc) is 2.36. The van der Waals surface area contributed by atoms with E-state index in [1.165, 1.54) is 25.7 Å². The maximum Gasteiger partial charge on any atom is 0.0542 e. The zero-order valence-corrected chi connectivity index (χ0v) is 12.5. The smallest absolute Gasteiger partial charge is 0.0542 e. The molecule has 0 fully saturated rings. The van der Waals surface area contributed by atoms with E-state index in [9.17, 15) is 0 Å². The Labute approximate surface area is 113 Å². The highest BCUT2D eigenvalue weighted by molar-refractivity contribution is 9.10. The van der Waals surface area contributed by atoms with Gasteiger partial charge in [-0.2, -0.15) is 0 Å². The Morgan fingerprint density at radius 1 is 1.35 bits per heavy atom. The van der Waals surface area contributed by atoms with E-state index in [-0.39, 0.29) is 0 Å². The SMILES string of the molecule is CCCCC(CC)CNCc1ccc(Br)cn1. The molecule has 1 heterocycles. The van der Waals surface area contributed by atoms with Crippen molar-refractivity contribution in [3.8, 4) is 0 Å². The first-order chi connectivity index (χ1) is 8.26. The molecule has 0 aromatic carbocycles. The maximum absolute atomic E-state index is 4.35. The minimum atomic E-state index is 0.811. The average molecular weight is 299 g/mol. The summed E-state index contributed by atoms with van der Waals surface area (Å²) < 4.78 is 1.04. The van der Waals surface area contributed by atoms with Gasteiger partial charge in [0.25, 0.3) is 0 Å². The van der Waals surface area contributed by atoms with E-state index in [0.717, 1.165) is 29.2 Å². The molecule has 3 heteroatoms. The van der Waals surface area contributed by atoms with Crippen LogP contribution in [-0.2, 0) is 6.54 Å². The fourth-order valence-electron chi connectivity index (χ4n) is 1.86. The second-order valence-electron chi connectivity index (χ2n) is 4.52. The van der Waals surface area contributed by atoms with E-state index >= 15 is 0 Å². The third-order valence-corrected chi connectivity index (χ3v) is 3.54. The topological polar surface area (TPSA) is 24.9 Å². The Morgan fingerprint density at radius 2 is 2.18 bits per heavy atom. The van der Waals surface area contributed by atoms with Crippen molar-refractivity contribution in [2.24, 2.45) is 5.92 Å². The van der Waals surface area contributed by atoms with Gasteiger partial charge in [-0.25, -0.2) is 0 Å². The van der Waals surface area contributed by atoms with Crippen molar-refractivity contribution in [3.05, 3.63) is 28.5 Å². The fourth-order valence-corrected chi connectivity index (χ4v) is 2.09. The van der Waals surface area contributed by atoms with Gasteiger partial charge in [0.2, 0.25) is 0 Å². The number of nitrogens with zero attached hydrogens (tertiary/aromatic N) is 1. The molecular weight excluding hydrogens is 276 g/mol. The lowest BCUT2D eigenvalue weighted by atomic mass is 9.99. The van der Waals surface area contributed by atoms with Gasteiger partial charge in [-0.15, -0.1) is 0 Å². The summed E-state index contributed by atoms with van der Waals surface area (Å²) in [7, 11) is 0. The van der Waals surface area contributed by atoms with Crippen molar-refractivity contribution in [3.63, 3.8) is 0 Å². The van der Waals surface area contributed by atoms with Crippen LogP contribution in [0.3, 0.4) is 0 Å². The van der Waals surface area contributed by atoms with Gasteiger partial charge in [-0.05, 0) is 46.9 Å². The molecule has 0 radical (unpaired) electrons. The van der Waals surface area contributed by atoms with Crippen LogP contribution in [-0.4, -0.2) is 11.5 Å². The number of pyridine rings is 1. The number of unbranched alkanes of at least 4 members (excludes halogenated alkanes) is 1. The van der Waals surface area contributed by atoms with E-state index in [1.54, 1.807) is 0 Å². The lowest BCUT2D eigenvalue weighted by Gasteiger charge is -2.15. The molecule has 0 aliphatic rings. The molecule has 0 saturated carbocycles. The van der Waals surface area contributed by atoms with E-state index in [1.807, 2.05) is 12.3 Å². The van der Waals surface area contributed by atoms with Crippen LogP contribution in [0.5, 0.6) is 0 Å². The van der Waals surface area contributed by atoms with Crippen LogP contribution in [0, 0.1) is 5.92 Å². The normalized spacial score (nSPS) is 12.6. The van der Waals surface area contributed by atoms with Crippen molar-refractivity contribution in [1.82, 2.24) is 10.3 Å². The number of aromatic nitrogens is 1. The summed E-state index contributed by atoms with van der Waals surface area (Å²) in [6.45, 7) is 6.51. The molecule has 1 N–H and O–H groups in total. The molecule has 1 aromatic heterocycles. The van der Waals surface area contributed by atoms with Crippen molar-refractivity contribution in [2.75, 3.05) is 6.54 Å². The molecule has 0 saturated heterocycles. The van der Waals surface area contributed by atoms with Crippen molar-refractivity contribution >= 4 is 15.9 Å². The van der Waals surface area contributed by atoms with Crippen molar-refractivity contribution < 1.29 is 0 Å². The van der Waals surface area contributed by atoms with E-state index in [4.69, 9.17) is 0 Å². The van der Waals surface area contributed by atoms with Gasteiger partial charge in [0.1, 0.15) is 0 Å². The van der Waals surface area contributed by atoms with Gasteiger partial charge < -0.3 is 5.32 Å². The summed E-state index contributed by atoms with van der Waals surface area (Å²) in [6, 6.07) is 4.10. The van der Waals surface area contributed by atoms with Gasteiger partial charge in [0.05, 0.1) is 5.69 Å². The van der Waals surface area contributed by atoms with Gasteiger partial charge in [0, 0.05) is 17.2 Å². The number of nitrogens with one attached hydrogen (secondary N) is 1. The van der Waals surface area contributed by atoms with Crippen LogP contribution in [0.2, 0.25) is 0 Å². The summed E-state index contributed by atoms with van der Waals surface area (Å²) in [5, 5.41) is 3.50. The van der Waals surface area contributed by atoms with Gasteiger partial charge in [-0.1, -0.05) is 33.1 Å². The Hall–Kier alpha value is -0.410. The molecule has 0 bridgehead atoms. The van der Waals surface area contributed by atoms with Gasteiger partial charge in [-0.3, -0.25) is 4.98 Å². The standard InChI is InChI=1S/C14H23BrN2/c1-3-5-6-12(4-2)9-16-11-14-8-7-13(15)10-17-14/h7-8,10,12,16H,3-6,9,11H2,1-2H3. The van der Waals surface area contributed by atoms with Crippen molar-refractivity contribution in [2.45, 2.75) is 46.1 Å². The first-order valence-corrected chi connectivity index (χ1v) is 7.36. The number of rotatable bonds is 8. The highest BCUT2D eigenvalue weighted by Gasteiger charge is 2.05. The lowest BCUT2D eigenvalue weighted by Crippen LogP contribution is -2.22. The molecule has 1 aromatic rings. The van der Waals surface area contributed by atoms with Crippen LogP contribution in [0.4, 0.5) is 0 Å². The molecule has 1 unspecified atom stereocenters. The summed E-state index contributed by atoms with van der Waals surface area (Å²) in [5.74, 6) is 0.811. The minimum Gasteiger partial charge on any atom is -0.311 e. The summed E-state index contributed by atoms with van der Waals surface area (Å²) in [4.78, 5) is 4.35. The fraction of sp³-hybridized carbons (Fsp3) is 0.643. The van der Waals surface area contributed by atoms with Crippen LogP contribution >= 0.6 is 15.9 Å². The number of halogens is 1. The zero-order chi connectivity index (χ0) is 12.5. The molecule has 0 aliphatic heterocycles. The Kier molecular flexibility index (Phi) is 7.45. The molecule has 17 heavy (non-hydrogen) atoms. The van der Waals surface area contributed by atoms with Crippen molar-refractivity contribution in [1.29, 1.82) is 0 Å². The highest BCUT2D eigenvalue weighted by atomic mass is 79.9. The molecule has 0 spiro atoms. The summed E-state index contributed by atoms with van der Waals surface area (Å²) in [5.41, 5.74) is 1.11. The van der Waals surface area contributed by atoms with Gasteiger partial charge >= 0.3 is 0 Å². The summed E-state index contributed by atoms with van der Waals surface area (Å²) >= 11 is 3.39. The second-order valence-corrected chi connectivity index (χ2v) is 5.43. The van der Waals surface area contributed by atoms with E-state index < -0.39 is 0 Å². The predicted octanol–water partition coefficient (Wildman–Crippen LogP) is 4.15.